The summed E-state index contributed by atoms with van der Waals surface area (Å²) in [6, 6.07) is 10.5. The van der Waals surface area contributed by atoms with Crippen molar-refractivity contribution in [2.45, 2.75) is 6.61 Å². The van der Waals surface area contributed by atoms with Gasteiger partial charge in [0.25, 0.3) is 0 Å². The number of carbonyl (C=O) groups excluding carboxylic acids is 1. The maximum Gasteiger partial charge on any atom is 0.344 e. The predicted molar refractivity (Wildman–Crippen MR) is 86.9 cm³/mol. The van der Waals surface area contributed by atoms with Gasteiger partial charge in [-0.25, -0.2) is 9.78 Å². The van der Waals surface area contributed by atoms with E-state index in [4.69, 9.17) is 32.7 Å². The molecule has 1 aromatic carbocycles. The van der Waals surface area contributed by atoms with E-state index < -0.39 is 5.97 Å². The zero-order chi connectivity index (χ0) is 16.2. The van der Waals surface area contributed by atoms with Crippen LogP contribution in [-0.2, 0) is 16.1 Å². The van der Waals surface area contributed by atoms with Crippen LogP contribution in [0.15, 0.2) is 48.8 Å². The standard InChI is InChI=1S/C16H12Cl2N2O3/c17-11-5-6-15-19-12(8-20(15)7-11)9-23-16(21)10-22-14-4-2-1-3-13(14)18/h1-8H,9-10H2. The van der Waals surface area contributed by atoms with Gasteiger partial charge in [-0.1, -0.05) is 35.3 Å². The highest BCUT2D eigenvalue weighted by Crippen LogP contribution is 2.22. The van der Waals surface area contributed by atoms with Gasteiger partial charge in [-0.2, -0.15) is 0 Å². The van der Waals surface area contributed by atoms with Crippen molar-refractivity contribution in [2.75, 3.05) is 6.61 Å². The average Bonchev–Trinajstić information content (AvgIpc) is 2.94. The fourth-order valence-electron chi connectivity index (χ4n) is 1.98. The van der Waals surface area contributed by atoms with Crippen molar-refractivity contribution in [1.29, 1.82) is 0 Å². The molecule has 2 heterocycles. The van der Waals surface area contributed by atoms with Gasteiger partial charge in [-0.05, 0) is 24.3 Å². The molecule has 0 fully saturated rings. The van der Waals surface area contributed by atoms with Gasteiger partial charge in [0.15, 0.2) is 6.61 Å². The summed E-state index contributed by atoms with van der Waals surface area (Å²) in [6.07, 6.45) is 3.49. The first-order valence-corrected chi connectivity index (χ1v) is 7.53. The minimum atomic E-state index is -0.500. The summed E-state index contributed by atoms with van der Waals surface area (Å²) in [5.74, 6) is -0.0616. The molecular weight excluding hydrogens is 339 g/mol. The summed E-state index contributed by atoms with van der Waals surface area (Å²) in [7, 11) is 0. The van der Waals surface area contributed by atoms with E-state index in [-0.39, 0.29) is 13.2 Å². The molecule has 0 amide bonds. The summed E-state index contributed by atoms with van der Waals surface area (Å²) >= 11 is 11.8. The maximum atomic E-state index is 11.7. The molecule has 0 saturated carbocycles. The molecule has 23 heavy (non-hydrogen) atoms. The number of pyridine rings is 1. The molecule has 0 aliphatic rings. The van der Waals surface area contributed by atoms with Crippen LogP contribution in [0.25, 0.3) is 5.65 Å². The van der Waals surface area contributed by atoms with E-state index in [1.807, 2.05) is 0 Å². The summed E-state index contributed by atoms with van der Waals surface area (Å²) in [4.78, 5) is 16.0. The van der Waals surface area contributed by atoms with Gasteiger partial charge in [0.2, 0.25) is 0 Å². The number of benzene rings is 1. The molecular formula is C16H12Cl2N2O3. The molecule has 2 aromatic heterocycles. The number of aromatic nitrogens is 2. The molecule has 0 bridgehead atoms. The third kappa shape index (κ3) is 3.94. The highest BCUT2D eigenvalue weighted by atomic mass is 35.5. The van der Waals surface area contributed by atoms with Crippen LogP contribution in [0.5, 0.6) is 5.75 Å². The van der Waals surface area contributed by atoms with Crippen molar-refractivity contribution in [3.05, 3.63) is 64.5 Å². The summed E-state index contributed by atoms with van der Waals surface area (Å²) in [5, 5.41) is 1.05. The molecule has 118 valence electrons. The van der Waals surface area contributed by atoms with Crippen LogP contribution in [0.3, 0.4) is 0 Å². The second-order valence-corrected chi connectivity index (χ2v) is 5.57. The van der Waals surface area contributed by atoms with E-state index in [9.17, 15) is 4.79 Å². The summed E-state index contributed by atoms with van der Waals surface area (Å²) in [6.45, 7) is -0.160. The number of nitrogens with zero attached hydrogens (tertiary/aromatic N) is 2. The first-order valence-electron chi connectivity index (χ1n) is 6.78. The number of halogens is 2. The molecule has 7 heteroatoms. The van der Waals surface area contributed by atoms with Crippen molar-refractivity contribution in [1.82, 2.24) is 9.38 Å². The zero-order valence-corrected chi connectivity index (χ0v) is 13.4. The SMILES string of the molecule is O=C(COc1ccccc1Cl)OCc1cn2cc(Cl)ccc2n1. The van der Waals surface area contributed by atoms with Gasteiger partial charge >= 0.3 is 5.97 Å². The Kier molecular flexibility index (Phi) is 4.69. The Bertz CT molecular complexity index is 848. The number of esters is 1. The molecule has 3 aromatic rings. The predicted octanol–water partition coefficient (Wildman–Crippen LogP) is 3.76. The largest absolute Gasteiger partial charge is 0.480 e. The van der Waals surface area contributed by atoms with E-state index in [0.29, 0.717) is 21.5 Å². The molecule has 0 atom stereocenters. The lowest BCUT2D eigenvalue weighted by Crippen LogP contribution is -2.15. The van der Waals surface area contributed by atoms with Gasteiger partial charge < -0.3 is 13.9 Å². The number of imidazole rings is 1. The second kappa shape index (κ2) is 6.89. The minimum absolute atomic E-state index is 0.0595. The first kappa shape index (κ1) is 15.6. The van der Waals surface area contributed by atoms with Crippen molar-refractivity contribution < 1.29 is 14.3 Å². The number of rotatable bonds is 5. The van der Waals surface area contributed by atoms with Crippen LogP contribution in [0.4, 0.5) is 0 Å². The van der Waals surface area contributed by atoms with E-state index in [1.165, 1.54) is 0 Å². The van der Waals surface area contributed by atoms with Gasteiger partial charge in [-0.15, -0.1) is 0 Å². The van der Waals surface area contributed by atoms with Crippen LogP contribution in [0, 0.1) is 0 Å². The number of hydrogen-bond acceptors (Lipinski definition) is 4. The van der Waals surface area contributed by atoms with E-state index in [2.05, 4.69) is 4.98 Å². The Morgan fingerprint density at radius 2 is 1.96 bits per heavy atom. The monoisotopic (exact) mass is 350 g/mol. The smallest absolute Gasteiger partial charge is 0.344 e. The Balaban J connectivity index is 1.54. The summed E-state index contributed by atoms with van der Waals surface area (Å²) < 4.78 is 12.2. The molecule has 0 unspecified atom stereocenters. The van der Waals surface area contributed by atoms with Gasteiger partial charge in [0.1, 0.15) is 18.0 Å². The lowest BCUT2D eigenvalue weighted by molar-refractivity contribution is -0.147. The fourth-order valence-corrected chi connectivity index (χ4v) is 2.34. The summed E-state index contributed by atoms with van der Waals surface area (Å²) in [5.41, 5.74) is 1.35. The molecule has 5 nitrogen and oxygen atoms in total. The van der Waals surface area contributed by atoms with Crippen LogP contribution < -0.4 is 4.74 Å². The molecule has 0 saturated heterocycles. The third-order valence-corrected chi connectivity index (χ3v) is 3.56. The number of carbonyl (C=O) groups is 1. The molecule has 3 rings (SSSR count). The van der Waals surface area contributed by atoms with Crippen molar-refractivity contribution in [3.63, 3.8) is 0 Å². The molecule has 0 aliphatic carbocycles. The van der Waals surface area contributed by atoms with Crippen molar-refractivity contribution in [3.8, 4) is 5.75 Å². The number of hydrogen-bond donors (Lipinski definition) is 0. The van der Waals surface area contributed by atoms with Gasteiger partial charge in [0, 0.05) is 12.4 Å². The molecule has 0 N–H and O–H groups in total. The topological polar surface area (TPSA) is 52.8 Å². The van der Waals surface area contributed by atoms with Crippen LogP contribution >= 0.6 is 23.2 Å². The average molecular weight is 351 g/mol. The third-order valence-electron chi connectivity index (χ3n) is 3.03. The number of fused-ring (bicyclic) bond motifs is 1. The van der Waals surface area contributed by atoms with Crippen molar-refractivity contribution in [2.24, 2.45) is 0 Å². The van der Waals surface area contributed by atoms with Gasteiger partial charge in [-0.3, -0.25) is 0 Å². The zero-order valence-electron chi connectivity index (χ0n) is 11.9. The molecule has 0 aliphatic heterocycles. The van der Waals surface area contributed by atoms with Crippen LogP contribution in [0.1, 0.15) is 5.69 Å². The van der Waals surface area contributed by atoms with Gasteiger partial charge in [0.05, 0.1) is 15.7 Å². The minimum Gasteiger partial charge on any atom is -0.480 e. The highest BCUT2D eigenvalue weighted by Gasteiger charge is 2.09. The number of para-hydroxylation sites is 1. The van der Waals surface area contributed by atoms with Crippen LogP contribution in [-0.4, -0.2) is 22.0 Å². The second-order valence-electron chi connectivity index (χ2n) is 4.72. The Morgan fingerprint density at radius 3 is 2.78 bits per heavy atom. The van der Waals surface area contributed by atoms with Crippen LogP contribution in [0.2, 0.25) is 10.0 Å². The Hall–Kier alpha value is -2.24. The highest BCUT2D eigenvalue weighted by molar-refractivity contribution is 6.32. The molecule has 0 spiro atoms. The first-order chi connectivity index (χ1) is 11.1. The van der Waals surface area contributed by atoms with E-state index in [0.717, 1.165) is 5.65 Å². The lowest BCUT2D eigenvalue weighted by atomic mass is 10.3. The lowest BCUT2D eigenvalue weighted by Gasteiger charge is -2.07. The van der Waals surface area contributed by atoms with E-state index >= 15 is 0 Å². The maximum absolute atomic E-state index is 11.7. The van der Waals surface area contributed by atoms with Crippen molar-refractivity contribution >= 4 is 34.8 Å². The van der Waals surface area contributed by atoms with E-state index in [1.54, 1.807) is 53.2 Å². The quantitative estimate of drug-likeness (QED) is 0.657. The number of ether oxygens (including phenoxy) is 2. The normalized spacial score (nSPS) is 10.7. The fraction of sp³-hybridized carbons (Fsp3) is 0.125. The molecule has 0 radical (unpaired) electrons. The Labute approximate surface area is 142 Å². The Morgan fingerprint density at radius 1 is 1.13 bits per heavy atom.